The number of carbonyl (C=O) groups excluding carboxylic acids is 1. The summed E-state index contributed by atoms with van der Waals surface area (Å²) in [5.41, 5.74) is 2.70. The monoisotopic (exact) mass is 365 g/mol. The molecule has 0 fully saturated rings. The van der Waals surface area contributed by atoms with Gasteiger partial charge in [-0.1, -0.05) is 60.8 Å². The van der Waals surface area contributed by atoms with Crippen molar-refractivity contribution in [1.29, 1.82) is 0 Å². The smallest absolute Gasteiger partial charge is 0.251 e. The van der Waals surface area contributed by atoms with Gasteiger partial charge in [0.2, 0.25) is 0 Å². The third-order valence-electron chi connectivity index (χ3n) is 4.81. The summed E-state index contributed by atoms with van der Waals surface area (Å²) in [5, 5.41) is 15.6. The molecule has 1 amide bonds. The van der Waals surface area contributed by atoms with Crippen LogP contribution in [0.2, 0.25) is 0 Å². The van der Waals surface area contributed by atoms with Crippen LogP contribution in [0.1, 0.15) is 35.2 Å². The van der Waals surface area contributed by atoms with Gasteiger partial charge >= 0.3 is 0 Å². The Morgan fingerprint density at radius 3 is 2.73 bits per heavy atom. The van der Waals surface area contributed by atoms with E-state index in [1.165, 1.54) is 5.22 Å². The molecule has 3 rings (SSSR count). The highest BCUT2D eigenvalue weighted by atomic mass is 32.1. The van der Waals surface area contributed by atoms with Gasteiger partial charge in [-0.05, 0) is 40.5 Å². The topological polar surface area (TPSA) is 49.3 Å². The third-order valence-corrected chi connectivity index (χ3v) is 5.22. The van der Waals surface area contributed by atoms with Crippen LogP contribution in [0.3, 0.4) is 0 Å². The predicted molar refractivity (Wildman–Crippen MR) is 110 cm³/mol. The van der Waals surface area contributed by atoms with E-state index in [-0.39, 0.29) is 5.91 Å². The molecule has 1 aliphatic rings. The van der Waals surface area contributed by atoms with Crippen LogP contribution in [0, 0.1) is 0 Å². The number of fused-ring (bicyclic) bond motifs is 1. The molecule has 2 N–H and O–H groups in total. The minimum atomic E-state index is -0.494. The average Bonchev–Trinajstić information content (AvgIpc) is 2.68. The molecule has 1 unspecified atom stereocenters. The number of benzene rings is 2. The Balaban J connectivity index is 1.75. The van der Waals surface area contributed by atoms with Crippen molar-refractivity contribution in [3.63, 3.8) is 0 Å². The van der Waals surface area contributed by atoms with Crippen LogP contribution in [0.25, 0.3) is 11.6 Å². The lowest BCUT2D eigenvalue weighted by molar-refractivity contribution is 0.0961. The van der Waals surface area contributed by atoms with E-state index in [9.17, 15) is 9.90 Å². The Hall–Kier alpha value is -2.30. The number of rotatable bonds is 6. The van der Waals surface area contributed by atoms with E-state index in [4.69, 9.17) is 12.2 Å². The van der Waals surface area contributed by atoms with Crippen molar-refractivity contribution in [2.45, 2.75) is 31.8 Å². The van der Waals surface area contributed by atoms with Crippen LogP contribution in [-0.4, -0.2) is 29.0 Å². The Labute approximate surface area is 159 Å². The third kappa shape index (κ3) is 4.09. The van der Waals surface area contributed by atoms with Crippen LogP contribution in [0.4, 0.5) is 0 Å². The first kappa shape index (κ1) is 18.5. The first-order valence-electron chi connectivity index (χ1n) is 8.90. The van der Waals surface area contributed by atoms with Crippen molar-refractivity contribution in [3.05, 3.63) is 70.1 Å². The molecule has 26 heavy (non-hydrogen) atoms. The summed E-state index contributed by atoms with van der Waals surface area (Å²) in [6.45, 7) is 0. The fraction of sp³-hybridized carbons (Fsp3) is 0.273. The standard InChI is InChI=1S/C22H23NO2S/c1-23-22(25)19-9-5-3-7-16(19)10-12-17(24)14-20-18-8-4-2-6-15(18)11-13-21(20)26/h2-9,11,17,24H,10,12-14H2,1H3,(H,23,25). The molecule has 0 saturated heterocycles. The molecule has 0 aromatic heterocycles. The van der Waals surface area contributed by atoms with Crippen molar-refractivity contribution < 1.29 is 9.90 Å². The van der Waals surface area contributed by atoms with Crippen LogP contribution >= 0.6 is 12.2 Å². The van der Waals surface area contributed by atoms with Gasteiger partial charge in [0.25, 0.3) is 5.91 Å². The molecule has 0 radical (unpaired) electrons. The van der Waals surface area contributed by atoms with Gasteiger partial charge in [0, 0.05) is 30.3 Å². The number of hydrogen-bond donors (Lipinski definition) is 2. The van der Waals surface area contributed by atoms with Gasteiger partial charge in [-0.25, -0.2) is 0 Å². The first-order valence-corrected chi connectivity index (χ1v) is 9.30. The minimum Gasteiger partial charge on any atom is -0.393 e. The molecule has 0 bridgehead atoms. The van der Waals surface area contributed by atoms with Crippen molar-refractivity contribution in [1.82, 2.24) is 5.32 Å². The number of aryl methyl sites for hydroxylation is 1. The number of aliphatic hydroxyl groups excluding tert-OH is 1. The molecule has 0 spiro atoms. The highest BCUT2D eigenvalue weighted by Crippen LogP contribution is 2.18. The summed E-state index contributed by atoms with van der Waals surface area (Å²) < 4.78 is 0. The summed E-state index contributed by atoms with van der Waals surface area (Å²) in [5.74, 6) is -0.0950. The van der Waals surface area contributed by atoms with Crippen molar-refractivity contribution >= 4 is 34.6 Å². The second-order valence-electron chi connectivity index (χ2n) is 6.53. The van der Waals surface area contributed by atoms with Crippen molar-refractivity contribution in [2.75, 3.05) is 7.05 Å². The van der Waals surface area contributed by atoms with Gasteiger partial charge in [-0.15, -0.1) is 0 Å². The molecule has 0 heterocycles. The maximum Gasteiger partial charge on any atom is 0.251 e. The van der Waals surface area contributed by atoms with E-state index < -0.39 is 6.10 Å². The van der Waals surface area contributed by atoms with E-state index in [1.54, 1.807) is 7.05 Å². The molecule has 134 valence electrons. The quantitative estimate of drug-likeness (QED) is 0.771. The largest absolute Gasteiger partial charge is 0.393 e. The maximum atomic E-state index is 12.0. The van der Waals surface area contributed by atoms with Crippen molar-refractivity contribution in [2.24, 2.45) is 0 Å². The zero-order valence-electron chi connectivity index (χ0n) is 14.9. The van der Waals surface area contributed by atoms with E-state index in [0.717, 1.165) is 27.6 Å². The van der Waals surface area contributed by atoms with Crippen LogP contribution in [0.5, 0.6) is 0 Å². The highest BCUT2D eigenvalue weighted by molar-refractivity contribution is 7.81. The Morgan fingerprint density at radius 1 is 1.19 bits per heavy atom. The van der Waals surface area contributed by atoms with E-state index in [2.05, 4.69) is 23.5 Å². The molecule has 0 saturated carbocycles. The molecular weight excluding hydrogens is 342 g/mol. The molecule has 4 heteroatoms. The number of carbonyl (C=O) groups is 1. The molecule has 1 aliphatic carbocycles. The zero-order valence-corrected chi connectivity index (χ0v) is 15.7. The number of aliphatic hydroxyl groups is 1. The van der Waals surface area contributed by atoms with E-state index >= 15 is 0 Å². The van der Waals surface area contributed by atoms with Crippen LogP contribution < -0.4 is 15.8 Å². The second-order valence-corrected chi connectivity index (χ2v) is 7.02. The summed E-state index contributed by atoms with van der Waals surface area (Å²) in [7, 11) is 1.63. The molecular formula is C22H23NO2S. The Kier molecular flexibility index (Phi) is 5.96. The summed E-state index contributed by atoms with van der Waals surface area (Å²) in [4.78, 5) is 12.9. The predicted octanol–water partition coefficient (Wildman–Crippen LogP) is 2.13. The lowest BCUT2D eigenvalue weighted by Crippen LogP contribution is -2.33. The van der Waals surface area contributed by atoms with Gasteiger partial charge < -0.3 is 10.4 Å². The summed E-state index contributed by atoms with van der Waals surface area (Å²) in [6, 6.07) is 15.7. The molecule has 0 aliphatic heterocycles. The fourth-order valence-corrected chi connectivity index (χ4v) is 3.68. The minimum absolute atomic E-state index is 0.0950. The van der Waals surface area contributed by atoms with Crippen LogP contribution in [-0.2, 0) is 6.42 Å². The number of hydrogen-bond acceptors (Lipinski definition) is 3. The van der Waals surface area contributed by atoms with E-state index in [0.29, 0.717) is 24.8 Å². The Bertz CT molecular complexity index is 949. The lowest BCUT2D eigenvalue weighted by atomic mass is 9.92. The molecule has 2 aromatic carbocycles. The van der Waals surface area contributed by atoms with Crippen LogP contribution in [0.15, 0.2) is 48.5 Å². The fourth-order valence-electron chi connectivity index (χ4n) is 3.40. The number of nitrogens with one attached hydrogen (secondary N) is 1. The summed E-state index contributed by atoms with van der Waals surface area (Å²) in [6.07, 6.45) is 4.20. The lowest BCUT2D eigenvalue weighted by Gasteiger charge is -2.17. The molecule has 3 nitrogen and oxygen atoms in total. The maximum absolute atomic E-state index is 12.0. The first-order chi connectivity index (χ1) is 12.6. The SMILES string of the molecule is CNC(=O)c1ccccc1CCC(O)CC1=c2ccccc2=CCC1=S. The molecule has 1 atom stereocenters. The average molecular weight is 365 g/mol. The van der Waals surface area contributed by atoms with Gasteiger partial charge in [0.05, 0.1) is 6.10 Å². The number of amides is 1. The second kappa shape index (κ2) is 8.39. The van der Waals surface area contributed by atoms with Crippen molar-refractivity contribution in [3.8, 4) is 0 Å². The van der Waals surface area contributed by atoms with Gasteiger partial charge in [0.1, 0.15) is 0 Å². The van der Waals surface area contributed by atoms with E-state index in [1.807, 2.05) is 36.4 Å². The van der Waals surface area contributed by atoms with Gasteiger partial charge in [-0.3, -0.25) is 4.79 Å². The zero-order chi connectivity index (χ0) is 18.5. The number of thiocarbonyl (C=S) groups is 1. The normalized spacial score (nSPS) is 14.4. The van der Waals surface area contributed by atoms with Gasteiger partial charge in [0.15, 0.2) is 0 Å². The summed E-state index contributed by atoms with van der Waals surface area (Å²) >= 11 is 5.54. The molecule has 2 aromatic rings. The van der Waals surface area contributed by atoms with Gasteiger partial charge in [-0.2, -0.15) is 0 Å². The highest BCUT2D eigenvalue weighted by Gasteiger charge is 2.16. The Morgan fingerprint density at radius 2 is 1.92 bits per heavy atom.